The second kappa shape index (κ2) is 8.89. The first-order chi connectivity index (χ1) is 13.0. The quantitative estimate of drug-likeness (QED) is 0.404. The Kier molecular flexibility index (Phi) is 7.03. The second-order valence-corrected chi connectivity index (χ2v) is 6.57. The average Bonchev–Trinajstić information content (AvgIpc) is 2.60. The minimum Gasteiger partial charge on any atom is -0.348 e. The van der Waals surface area contributed by atoms with Gasteiger partial charge in [-0.2, -0.15) is 26.3 Å². The monoisotopic (exact) mass is 423 g/mol. The molecule has 0 aromatic heterocycles. The Morgan fingerprint density at radius 1 is 0.893 bits per heavy atom. The summed E-state index contributed by atoms with van der Waals surface area (Å²) in [7, 11) is 0. The van der Waals surface area contributed by atoms with Crippen LogP contribution in [0.15, 0.2) is 48.5 Å². The van der Waals surface area contributed by atoms with Crippen LogP contribution in [-0.2, 0) is 18.8 Å². The fourth-order valence-electron chi connectivity index (χ4n) is 2.51. The molecule has 2 rings (SSSR count). The van der Waals surface area contributed by atoms with Crippen LogP contribution in [0, 0.1) is 0 Å². The van der Waals surface area contributed by atoms with Crippen molar-refractivity contribution in [2.45, 2.75) is 37.8 Å². The summed E-state index contributed by atoms with van der Waals surface area (Å²) < 4.78 is 91.4. The molecule has 152 valence electrons. The van der Waals surface area contributed by atoms with E-state index in [1.54, 1.807) is 0 Å². The van der Waals surface area contributed by atoms with Crippen molar-refractivity contribution < 1.29 is 30.7 Å². The molecule has 1 N–H and O–H groups in total. The maximum Gasteiger partial charge on any atom is 0.416 e. The molecule has 0 aliphatic heterocycles. The topological polar surface area (TPSA) is 12.0 Å². The van der Waals surface area contributed by atoms with Crippen molar-refractivity contribution in [2.24, 2.45) is 0 Å². The van der Waals surface area contributed by atoms with Crippen molar-refractivity contribution >= 4 is 22.9 Å². The van der Waals surface area contributed by atoms with Gasteiger partial charge in [-0.1, -0.05) is 42.5 Å². The number of aryl methyl sites for hydroxylation is 1. The number of thiocarbonyl (C=S) groups is 1. The zero-order chi connectivity index (χ0) is 20.9. The lowest BCUT2D eigenvalue weighted by atomic mass is 10.1. The lowest BCUT2D eigenvalue weighted by molar-refractivity contribution is -0.143. The summed E-state index contributed by atoms with van der Waals surface area (Å²) in [4.78, 5) is -0.458. The van der Waals surface area contributed by atoms with E-state index < -0.39 is 40.3 Å². The maximum absolute atomic E-state index is 14.2. The van der Waals surface area contributed by atoms with Crippen LogP contribution in [-0.4, -0.2) is 11.2 Å². The number of nitrogens with one attached hydrogen (secondary N) is 1. The largest absolute Gasteiger partial charge is 0.416 e. The van der Waals surface area contributed by atoms with Gasteiger partial charge >= 0.3 is 12.4 Å². The van der Waals surface area contributed by atoms with Gasteiger partial charge in [0.15, 0.2) is 6.17 Å². The van der Waals surface area contributed by atoms with E-state index in [0.717, 1.165) is 5.56 Å². The predicted octanol–water partition coefficient (Wildman–Crippen LogP) is 6.82. The normalized spacial score (nSPS) is 13.2. The van der Waals surface area contributed by atoms with E-state index in [0.29, 0.717) is 25.0 Å². The third-order valence-electron chi connectivity index (χ3n) is 3.91. The van der Waals surface area contributed by atoms with E-state index in [1.807, 2.05) is 30.3 Å². The number of hydrogen-bond acceptors (Lipinski definition) is 1. The summed E-state index contributed by atoms with van der Waals surface area (Å²) in [5.74, 6) is 0. The Morgan fingerprint density at radius 2 is 1.43 bits per heavy atom. The standard InChI is InChI=1S/C19H16F7NS/c20-16(8-4-7-12-5-2-1-3-6-12)17(28)27-15-10-13(18(21,22)23)9-14(11-15)19(24,25)26/h1-3,5-6,9-11,16H,4,7-8H2,(H,27,28). The van der Waals surface area contributed by atoms with Crippen LogP contribution < -0.4 is 5.32 Å². The first kappa shape index (κ1) is 22.1. The van der Waals surface area contributed by atoms with Gasteiger partial charge in [-0.25, -0.2) is 4.39 Å². The molecule has 0 fully saturated rings. The van der Waals surface area contributed by atoms with Crippen molar-refractivity contribution in [3.8, 4) is 0 Å². The number of hydrogen-bond donors (Lipinski definition) is 1. The highest BCUT2D eigenvalue weighted by Crippen LogP contribution is 2.37. The first-order valence-corrected chi connectivity index (χ1v) is 8.66. The molecule has 0 heterocycles. The van der Waals surface area contributed by atoms with Crippen molar-refractivity contribution in [1.29, 1.82) is 0 Å². The van der Waals surface area contributed by atoms with Crippen LogP contribution >= 0.6 is 12.2 Å². The van der Waals surface area contributed by atoms with Crippen molar-refractivity contribution in [3.63, 3.8) is 0 Å². The van der Waals surface area contributed by atoms with Crippen LogP contribution in [0.1, 0.15) is 29.5 Å². The summed E-state index contributed by atoms with van der Waals surface area (Å²) >= 11 is 4.81. The Bertz CT molecular complexity index is 768. The molecule has 0 radical (unpaired) electrons. The van der Waals surface area contributed by atoms with E-state index in [1.165, 1.54) is 0 Å². The lowest BCUT2D eigenvalue weighted by Gasteiger charge is -2.17. The van der Waals surface area contributed by atoms with Gasteiger partial charge in [-0.15, -0.1) is 0 Å². The third kappa shape index (κ3) is 6.47. The van der Waals surface area contributed by atoms with Crippen molar-refractivity contribution in [3.05, 3.63) is 65.2 Å². The fraction of sp³-hybridized carbons (Fsp3) is 0.316. The molecule has 0 saturated carbocycles. The third-order valence-corrected chi connectivity index (χ3v) is 4.26. The van der Waals surface area contributed by atoms with Gasteiger partial charge in [0.25, 0.3) is 0 Å². The number of anilines is 1. The Hall–Kier alpha value is -2.16. The van der Waals surface area contributed by atoms with Crippen LogP contribution in [0.25, 0.3) is 0 Å². The molecule has 0 amide bonds. The van der Waals surface area contributed by atoms with Gasteiger partial charge in [-0.05, 0) is 43.0 Å². The molecule has 0 aliphatic rings. The van der Waals surface area contributed by atoms with Crippen molar-refractivity contribution in [2.75, 3.05) is 5.32 Å². The number of alkyl halides is 7. The van der Waals surface area contributed by atoms with E-state index >= 15 is 0 Å². The van der Waals surface area contributed by atoms with Crippen LogP contribution in [0.3, 0.4) is 0 Å². The summed E-state index contributed by atoms with van der Waals surface area (Å²) in [6.07, 6.45) is -10.7. The highest BCUT2D eigenvalue weighted by atomic mass is 32.1. The van der Waals surface area contributed by atoms with Crippen LogP contribution in [0.4, 0.5) is 36.4 Å². The van der Waals surface area contributed by atoms with Crippen LogP contribution in [0.5, 0.6) is 0 Å². The minimum atomic E-state index is -4.98. The molecule has 1 unspecified atom stereocenters. The molecular formula is C19H16F7NS. The summed E-state index contributed by atoms with van der Waals surface area (Å²) in [6.45, 7) is 0. The Labute approximate surface area is 162 Å². The predicted molar refractivity (Wildman–Crippen MR) is 96.9 cm³/mol. The van der Waals surface area contributed by atoms with Gasteiger partial charge < -0.3 is 5.32 Å². The van der Waals surface area contributed by atoms with E-state index in [9.17, 15) is 30.7 Å². The SMILES string of the molecule is FC(CCCc1ccccc1)C(=S)Nc1cc(C(F)(F)F)cc(C(F)(F)F)c1. The van der Waals surface area contributed by atoms with Gasteiger partial charge in [-0.3, -0.25) is 0 Å². The molecule has 28 heavy (non-hydrogen) atoms. The molecule has 1 nitrogen and oxygen atoms in total. The molecule has 0 bridgehead atoms. The second-order valence-electron chi connectivity index (χ2n) is 6.13. The molecule has 0 spiro atoms. The Morgan fingerprint density at radius 3 is 1.93 bits per heavy atom. The minimum absolute atomic E-state index is 0.00101. The van der Waals surface area contributed by atoms with Gasteiger partial charge in [0.05, 0.1) is 11.1 Å². The van der Waals surface area contributed by atoms with Gasteiger partial charge in [0.1, 0.15) is 4.99 Å². The Balaban J connectivity index is 2.05. The van der Waals surface area contributed by atoms with Crippen molar-refractivity contribution in [1.82, 2.24) is 0 Å². The summed E-state index contributed by atoms with van der Waals surface area (Å²) in [5.41, 5.74) is -2.56. The average molecular weight is 423 g/mol. The molecule has 0 saturated heterocycles. The van der Waals surface area contributed by atoms with E-state index in [2.05, 4.69) is 5.32 Å². The highest BCUT2D eigenvalue weighted by Gasteiger charge is 2.37. The molecule has 0 aliphatic carbocycles. The fourth-order valence-corrected chi connectivity index (χ4v) is 2.74. The molecular weight excluding hydrogens is 407 g/mol. The highest BCUT2D eigenvalue weighted by molar-refractivity contribution is 7.80. The summed E-state index contributed by atoms with van der Waals surface area (Å²) in [6, 6.07) is 10.2. The van der Waals surface area contributed by atoms with Gasteiger partial charge in [0, 0.05) is 5.69 Å². The first-order valence-electron chi connectivity index (χ1n) is 8.25. The molecule has 9 heteroatoms. The zero-order valence-corrected chi connectivity index (χ0v) is 15.2. The lowest BCUT2D eigenvalue weighted by Crippen LogP contribution is -2.23. The van der Waals surface area contributed by atoms with E-state index in [4.69, 9.17) is 12.2 Å². The number of benzene rings is 2. The van der Waals surface area contributed by atoms with Gasteiger partial charge in [0.2, 0.25) is 0 Å². The molecule has 1 atom stereocenters. The maximum atomic E-state index is 14.2. The zero-order valence-electron chi connectivity index (χ0n) is 14.4. The molecule has 2 aromatic carbocycles. The van der Waals surface area contributed by atoms with Crippen LogP contribution in [0.2, 0.25) is 0 Å². The summed E-state index contributed by atoms with van der Waals surface area (Å²) in [5, 5.41) is 2.17. The number of rotatable bonds is 6. The van der Waals surface area contributed by atoms with E-state index in [-0.39, 0.29) is 12.5 Å². The molecule has 2 aromatic rings. The number of halogens is 7. The smallest absolute Gasteiger partial charge is 0.348 e.